The Hall–Kier alpha value is -0.660. The lowest BCUT2D eigenvalue weighted by molar-refractivity contribution is -0.206. The first-order valence-corrected chi connectivity index (χ1v) is 4.66. The molecule has 0 aliphatic heterocycles. The number of rotatable bonds is 3. The van der Waals surface area contributed by atoms with Crippen molar-refractivity contribution in [2.24, 2.45) is 0 Å². The zero-order chi connectivity index (χ0) is 10.8. The third-order valence-corrected chi connectivity index (χ3v) is 2.42. The van der Waals surface area contributed by atoms with Crippen LogP contribution in [0, 0.1) is 0 Å². The molecule has 1 aromatic rings. The lowest BCUT2D eigenvalue weighted by atomic mass is 10.3. The van der Waals surface area contributed by atoms with Gasteiger partial charge in [0.2, 0.25) is 6.10 Å². The SMILES string of the molecule is CNCc1csc(C(O)C(F)(F)F)n1. The van der Waals surface area contributed by atoms with Crippen LogP contribution in [0.4, 0.5) is 13.2 Å². The van der Waals surface area contributed by atoms with Crippen LogP contribution in [0.15, 0.2) is 5.38 Å². The predicted octanol–water partition coefficient (Wildman–Crippen LogP) is 1.46. The van der Waals surface area contributed by atoms with Gasteiger partial charge in [-0.2, -0.15) is 13.2 Å². The van der Waals surface area contributed by atoms with E-state index in [4.69, 9.17) is 5.11 Å². The molecule has 1 rings (SSSR count). The number of hydrogen-bond acceptors (Lipinski definition) is 4. The van der Waals surface area contributed by atoms with Crippen LogP contribution in [-0.2, 0) is 6.54 Å². The minimum atomic E-state index is -4.64. The van der Waals surface area contributed by atoms with E-state index in [1.165, 1.54) is 5.38 Å². The van der Waals surface area contributed by atoms with E-state index in [0.717, 1.165) is 11.3 Å². The van der Waals surface area contributed by atoms with Crippen molar-refractivity contribution in [2.75, 3.05) is 7.05 Å². The van der Waals surface area contributed by atoms with Gasteiger partial charge >= 0.3 is 6.18 Å². The van der Waals surface area contributed by atoms with Crippen LogP contribution in [0.3, 0.4) is 0 Å². The number of nitrogens with one attached hydrogen (secondary N) is 1. The molecule has 0 saturated carbocycles. The highest BCUT2D eigenvalue weighted by Crippen LogP contribution is 2.33. The van der Waals surface area contributed by atoms with E-state index in [-0.39, 0.29) is 5.01 Å². The molecule has 14 heavy (non-hydrogen) atoms. The summed E-state index contributed by atoms with van der Waals surface area (Å²) in [5.74, 6) is 0. The zero-order valence-corrected chi connectivity index (χ0v) is 8.11. The maximum absolute atomic E-state index is 12.0. The van der Waals surface area contributed by atoms with Crippen LogP contribution in [0.25, 0.3) is 0 Å². The highest BCUT2D eigenvalue weighted by Gasteiger charge is 2.41. The molecule has 1 atom stereocenters. The zero-order valence-electron chi connectivity index (χ0n) is 7.30. The number of nitrogens with zero attached hydrogens (tertiary/aromatic N) is 1. The van der Waals surface area contributed by atoms with Gasteiger partial charge in [0.05, 0.1) is 5.69 Å². The first-order valence-electron chi connectivity index (χ1n) is 3.79. The summed E-state index contributed by atoms with van der Waals surface area (Å²) >= 11 is 0.803. The van der Waals surface area contributed by atoms with Crippen molar-refractivity contribution in [3.05, 3.63) is 16.1 Å². The Labute approximate surface area is 82.6 Å². The Morgan fingerprint density at radius 1 is 1.64 bits per heavy atom. The van der Waals surface area contributed by atoms with E-state index >= 15 is 0 Å². The topological polar surface area (TPSA) is 45.1 Å². The molecule has 1 aromatic heterocycles. The molecule has 3 nitrogen and oxygen atoms in total. The lowest BCUT2D eigenvalue weighted by Gasteiger charge is -2.10. The Kier molecular flexibility index (Phi) is 3.46. The van der Waals surface area contributed by atoms with E-state index < -0.39 is 12.3 Å². The minimum Gasteiger partial charge on any atom is -0.377 e. The maximum Gasteiger partial charge on any atom is 0.420 e. The highest BCUT2D eigenvalue weighted by atomic mass is 32.1. The number of aliphatic hydroxyl groups is 1. The highest BCUT2D eigenvalue weighted by molar-refractivity contribution is 7.09. The number of aromatic nitrogens is 1. The molecule has 7 heteroatoms. The molecular weight excluding hydrogens is 217 g/mol. The molecule has 0 radical (unpaired) electrons. The molecule has 0 aromatic carbocycles. The fourth-order valence-corrected chi connectivity index (χ4v) is 1.68. The largest absolute Gasteiger partial charge is 0.420 e. The standard InChI is InChI=1S/C7H9F3N2OS/c1-11-2-4-3-14-6(12-4)5(13)7(8,9)10/h3,5,11,13H,2H2,1H3. The molecule has 0 spiro atoms. The molecule has 0 aliphatic rings. The maximum atomic E-state index is 12.0. The van der Waals surface area contributed by atoms with Crippen LogP contribution >= 0.6 is 11.3 Å². The quantitative estimate of drug-likeness (QED) is 0.820. The van der Waals surface area contributed by atoms with Gasteiger partial charge in [0.15, 0.2) is 0 Å². The summed E-state index contributed by atoms with van der Waals surface area (Å²) < 4.78 is 36.1. The van der Waals surface area contributed by atoms with Gasteiger partial charge in [-0.15, -0.1) is 11.3 Å². The predicted molar refractivity (Wildman–Crippen MR) is 45.9 cm³/mol. The Morgan fingerprint density at radius 3 is 2.79 bits per heavy atom. The Morgan fingerprint density at radius 2 is 2.29 bits per heavy atom. The van der Waals surface area contributed by atoms with Gasteiger partial charge in [-0.05, 0) is 7.05 Å². The molecule has 0 fully saturated rings. The summed E-state index contributed by atoms with van der Waals surface area (Å²) in [7, 11) is 1.67. The minimum absolute atomic E-state index is 0.317. The molecule has 1 heterocycles. The van der Waals surface area contributed by atoms with Gasteiger partial charge < -0.3 is 10.4 Å². The van der Waals surface area contributed by atoms with Crippen LogP contribution in [-0.4, -0.2) is 23.3 Å². The van der Waals surface area contributed by atoms with Crippen molar-refractivity contribution in [1.82, 2.24) is 10.3 Å². The molecule has 80 valence electrons. The van der Waals surface area contributed by atoms with Crippen LogP contribution in [0.1, 0.15) is 16.8 Å². The van der Waals surface area contributed by atoms with Gasteiger partial charge in [-0.25, -0.2) is 4.98 Å². The van der Waals surface area contributed by atoms with Gasteiger partial charge in [-0.3, -0.25) is 0 Å². The van der Waals surface area contributed by atoms with E-state index in [9.17, 15) is 13.2 Å². The molecule has 0 saturated heterocycles. The van der Waals surface area contributed by atoms with E-state index in [0.29, 0.717) is 12.2 Å². The molecule has 0 aliphatic carbocycles. The van der Waals surface area contributed by atoms with Crippen molar-refractivity contribution < 1.29 is 18.3 Å². The third kappa shape index (κ3) is 2.66. The van der Waals surface area contributed by atoms with Crippen molar-refractivity contribution in [3.8, 4) is 0 Å². The van der Waals surface area contributed by atoms with Gasteiger partial charge in [0.1, 0.15) is 5.01 Å². The summed E-state index contributed by atoms with van der Waals surface area (Å²) in [5, 5.41) is 12.8. The van der Waals surface area contributed by atoms with E-state index in [1.54, 1.807) is 7.05 Å². The van der Waals surface area contributed by atoms with Crippen LogP contribution in [0.5, 0.6) is 0 Å². The summed E-state index contributed by atoms with van der Waals surface area (Å²) in [4.78, 5) is 3.65. The van der Waals surface area contributed by atoms with E-state index in [1.807, 2.05) is 0 Å². The van der Waals surface area contributed by atoms with Gasteiger partial charge in [-0.1, -0.05) is 0 Å². The van der Waals surface area contributed by atoms with Gasteiger partial charge in [0, 0.05) is 11.9 Å². The average molecular weight is 226 g/mol. The monoisotopic (exact) mass is 226 g/mol. The second-order valence-corrected chi connectivity index (χ2v) is 3.54. The number of hydrogen-bond donors (Lipinski definition) is 2. The summed E-state index contributed by atoms with van der Waals surface area (Å²) in [6.07, 6.45) is -7.12. The number of thiazole rings is 1. The number of aliphatic hydroxyl groups excluding tert-OH is 1. The first kappa shape index (κ1) is 11.4. The Bertz CT molecular complexity index is 299. The number of alkyl halides is 3. The fourth-order valence-electron chi connectivity index (χ4n) is 0.851. The third-order valence-electron chi connectivity index (χ3n) is 1.47. The smallest absolute Gasteiger partial charge is 0.377 e. The van der Waals surface area contributed by atoms with Crippen molar-refractivity contribution in [2.45, 2.75) is 18.8 Å². The lowest BCUT2D eigenvalue weighted by Crippen LogP contribution is -2.20. The van der Waals surface area contributed by atoms with Crippen molar-refractivity contribution in [3.63, 3.8) is 0 Å². The first-order chi connectivity index (χ1) is 6.45. The van der Waals surface area contributed by atoms with Crippen molar-refractivity contribution >= 4 is 11.3 Å². The van der Waals surface area contributed by atoms with Crippen molar-refractivity contribution in [1.29, 1.82) is 0 Å². The van der Waals surface area contributed by atoms with Crippen LogP contribution in [0.2, 0.25) is 0 Å². The second kappa shape index (κ2) is 4.24. The molecule has 0 amide bonds. The normalized spacial score (nSPS) is 14.4. The second-order valence-electron chi connectivity index (χ2n) is 2.65. The van der Waals surface area contributed by atoms with Gasteiger partial charge in [0.25, 0.3) is 0 Å². The van der Waals surface area contributed by atoms with Crippen LogP contribution < -0.4 is 5.32 Å². The summed E-state index contributed by atoms with van der Waals surface area (Å²) in [6, 6.07) is 0. The average Bonchev–Trinajstić information content (AvgIpc) is 2.50. The molecule has 2 N–H and O–H groups in total. The molecular formula is C7H9F3N2OS. The summed E-state index contributed by atoms with van der Waals surface area (Å²) in [5.41, 5.74) is 0.496. The summed E-state index contributed by atoms with van der Waals surface area (Å²) in [6.45, 7) is 0.390. The molecule has 0 bridgehead atoms. The number of halogens is 3. The molecule has 1 unspecified atom stereocenters. The Balaban J connectivity index is 2.76. The fraction of sp³-hybridized carbons (Fsp3) is 0.571. The van der Waals surface area contributed by atoms with E-state index in [2.05, 4.69) is 10.3 Å².